The maximum Gasteiger partial charge on any atom is 0.239 e. The van der Waals surface area contributed by atoms with Crippen molar-refractivity contribution in [3.05, 3.63) is 24.3 Å². The topological polar surface area (TPSA) is 84.5 Å². The molecule has 6 nitrogen and oxygen atoms in total. The van der Waals surface area contributed by atoms with Crippen LogP contribution in [0.15, 0.2) is 24.3 Å². The van der Waals surface area contributed by atoms with Crippen LogP contribution in [0.3, 0.4) is 0 Å². The second-order valence-corrected chi connectivity index (χ2v) is 6.81. The predicted molar refractivity (Wildman–Crippen MR) is 82.9 cm³/mol. The Labute approximate surface area is 125 Å². The van der Waals surface area contributed by atoms with Crippen molar-refractivity contribution in [1.82, 2.24) is 4.72 Å². The van der Waals surface area contributed by atoms with E-state index in [9.17, 15) is 13.2 Å². The van der Waals surface area contributed by atoms with Gasteiger partial charge in [-0.2, -0.15) is 0 Å². The van der Waals surface area contributed by atoms with Gasteiger partial charge in [0.2, 0.25) is 15.9 Å². The molecule has 1 amide bonds. The lowest BCUT2D eigenvalue weighted by Crippen LogP contribution is -2.34. The number of hydrogen-bond donors (Lipinski definition) is 2. The summed E-state index contributed by atoms with van der Waals surface area (Å²) in [5.74, 6) is 0.320. The lowest BCUT2D eigenvalue weighted by Gasteiger charge is -2.11. The number of ether oxygens (including phenoxy) is 1. The zero-order valence-electron chi connectivity index (χ0n) is 12.5. The fraction of sp³-hybridized carbons (Fsp3) is 0.500. The minimum absolute atomic E-state index is 0.0154. The summed E-state index contributed by atoms with van der Waals surface area (Å²) in [4.78, 5) is 11.7. The summed E-state index contributed by atoms with van der Waals surface area (Å²) in [6.45, 7) is 5.35. The van der Waals surface area contributed by atoms with Gasteiger partial charge in [-0.25, -0.2) is 13.1 Å². The van der Waals surface area contributed by atoms with E-state index >= 15 is 0 Å². The molecule has 0 saturated carbocycles. The molecule has 0 aliphatic rings. The van der Waals surface area contributed by atoms with Crippen molar-refractivity contribution in [3.8, 4) is 5.75 Å². The SMILES string of the molecule is CCCS(=O)(=O)NCC(=O)Nc1ccc(OC(C)C)cc1. The molecule has 21 heavy (non-hydrogen) atoms. The number of sulfonamides is 1. The van der Waals surface area contributed by atoms with Gasteiger partial charge in [0.05, 0.1) is 18.4 Å². The predicted octanol–water partition coefficient (Wildman–Crippen LogP) is 1.74. The summed E-state index contributed by atoms with van der Waals surface area (Å²) < 4.78 is 30.6. The molecule has 1 aromatic rings. The highest BCUT2D eigenvalue weighted by molar-refractivity contribution is 7.89. The molecule has 0 fully saturated rings. The van der Waals surface area contributed by atoms with Crippen LogP contribution in [0.2, 0.25) is 0 Å². The molecular formula is C14H22N2O4S. The maximum atomic E-state index is 11.7. The smallest absolute Gasteiger partial charge is 0.239 e. The Balaban J connectivity index is 2.48. The van der Waals surface area contributed by atoms with Crippen LogP contribution in [-0.2, 0) is 14.8 Å². The molecule has 0 aliphatic carbocycles. The van der Waals surface area contributed by atoms with E-state index in [0.717, 1.165) is 0 Å². The van der Waals surface area contributed by atoms with Crippen LogP contribution in [0.1, 0.15) is 27.2 Å². The first-order chi connectivity index (χ1) is 9.82. The van der Waals surface area contributed by atoms with Crippen LogP contribution in [-0.4, -0.2) is 32.7 Å². The summed E-state index contributed by atoms with van der Waals surface area (Å²) in [6, 6.07) is 6.90. The molecule has 1 aromatic carbocycles. The summed E-state index contributed by atoms with van der Waals surface area (Å²) in [5.41, 5.74) is 0.589. The third kappa shape index (κ3) is 7.10. The van der Waals surface area contributed by atoms with Gasteiger partial charge in [-0.15, -0.1) is 0 Å². The molecule has 0 aliphatic heterocycles. The highest BCUT2D eigenvalue weighted by Crippen LogP contribution is 2.16. The minimum Gasteiger partial charge on any atom is -0.491 e. The Kier molecular flexibility index (Phi) is 6.64. The maximum absolute atomic E-state index is 11.7. The summed E-state index contributed by atoms with van der Waals surface area (Å²) >= 11 is 0. The van der Waals surface area contributed by atoms with Gasteiger partial charge in [0.15, 0.2) is 0 Å². The highest BCUT2D eigenvalue weighted by Gasteiger charge is 2.11. The van der Waals surface area contributed by atoms with Crippen molar-refractivity contribution in [1.29, 1.82) is 0 Å². The van der Waals surface area contributed by atoms with Crippen molar-refractivity contribution >= 4 is 21.6 Å². The van der Waals surface area contributed by atoms with E-state index in [4.69, 9.17) is 4.74 Å². The largest absolute Gasteiger partial charge is 0.491 e. The van der Waals surface area contributed by atoms with Gasteiger partial charge in [0, 0.05) is 5.69 Å². The summed E-state index contributed by atoms with van der Waals surface area (Å²) in [6.07, 6.45) is 0.590. The average Bonchev–Trinajstić information content (AvgIpc) is 2.38. The zero-order valence-corrected chi connectivity index (χ0v) is 13.4. The number of nitrogens with one attached hydrogen (secondary N) is 2. The van der Waals surface area contributed by atoms with Crippen molar-refractivity contribution in [2.24, 2.45) is 0 Å². The third-order valence-electron chi connectivity index (χ3n) is 2.44. The van der Waals surface area contributed by atoms with Crippen LogP contribution in [0.25, 0.3) is 0 Å². The molecule has 0 radical (unpaired) electrons. The molecule has 1 rings (SSSR count). The summed E-state index contributed by atoms with van der Waals surface area (Å²) in [7, 11) is -3.37. The average molecular weight is 314 g/mol. The van der Waals surface area contributed by atoms with E-state index < -0.39 is 15.9 Å². The monoisotopic (exact) mass is 314 g/mol. The van der Waals surface area contributed by atoms with E-state index in [1.54, 1.807) is 31.2 Å². The van der Waals surface area contributed by atoms with Crippen LogP contribution < -0.4 is 14.8 Å². The van der Waals surface area contributed by atoms with Crippen molar-refractivity contribution in [3.63, 3.8) is 0 Å². The van der Waals surface area contributed by atoms with Gasteiger partial charge in [-0.1, -0.05) is 6.92 Å². The number of carbonyl (C=O) groups excluding carboxylic acids is 1. The standard InChI is InChI=1S/C14H22N2O4S/c1-4-9-21(18,19)15-10-14(17)16-12-5-7-13(8-6-12)20-11(2)3/h5-8,11,15H,4,9-10H2,1-3H3,(H,16,17). The fourth-order valence-corrected chi connectivity index (χ4v) is 2.64. The molecule has 118 valence electrons. The van der Waals surface area contributed by atoms with Crippen LogP contribution >= 0.6 is 0 Å². The first kappa shape index (κ1) is 17.5. The number of benzene rings is 1. The molecule has 0 bridgehead atoms. The molecule has 0 atom stereocenters. The molecule has 2 N–H and O–H groups in total. The van der Waals surface area contributed by atoms with Crippen LogP contribution in [0, 0.1) is 0 Å². The number of carbonyl (C=O) groups is 1. The van der Waals surface area contributed by atoms with Gasteiger partial charge in [-0.05, 0) is 44.5 Å². The second kappa shape index (κ2) is 7.99. The van der Waals surface area contributed by atoms with Crippen LogP contribution in [0.5, 0.6) is 5.75 Å². The number of hydrogen-bond acceptors (Lipinski definition) is 4. The molecule has 0 unspecified atom stereocenters. The van der Waals surface area contributed by atoms with Crippen molar-refractivity contribution in [2.45, 2.75) is 33.3 Å². The fourth-order valence-electron chi connectivity index (χ4n) is 1.61. The van der Waals surface area contributed by atoms with E-state index in [1.165, 1.54) is 0 Å². The first-order valence-electron chi connectivity index (χ1n) is 6.86. The highest BCUT2D eigenvalue weighted by atomic mass is 32.2. The molecule has 0 saturated heterocycles. The van der Waals surface area contributed by atoms with Gasteiger partial charge in [-0.3, -0.25) is 4.79 Å². The minimum atomic E-state index is -3.37. The van der Waals surface area contributed by atoms with Gasteiger partial charge in [0.1, 0.15) is 5.75 Å². The quantitative estimate of drug-likeness (QED) is 0.765. The zero-order chi connectivity index (χ0) is 15.9. The van der Waals surface area contributed by atoms with Gasteiger partial charge < -0.3 is 10.1 Å². The number of anilines is 1. The van der Waals surface area contributed by atoms with Crippen molar-refractivity contribution < 1.29 is 17.9 Å². The van der Waals surface area contributed by atoms with Crippen molar-refractivity contribution in [2.75, 3.05) is 17.6 Å². The molecule has 0 spiro atoms. The normalized spacial score (nSPS) is 11.4. The van der Waals surface area contributed by atoms with E-state index in [0.29, 0.717) is 17.9 Å². The van der Waals surface area contributed by atoms with Gasteiger partial charge >= 0.3 is 0 Å². The molecule has 0 heterocycles. The number of amides is 1. The Bertz CT molecular complexity index is 553. The summed E-state index contributed by atoms with van der Waals surface area (Å²) in [5, 5.41) is 2.62. The Hall–Kier alpha value is -1.60. The van der Waals surface area contributed by atoms with E-state index in [-0.39, 0.29) is 18.4 Å². The third-order valence-corrected chi connectivity index (χ3v) is 3.97. The van der Waals surface area contributed by atoms with Gasteiger partial charge in [0.25, 0.3) is 0 Å². The lowest BCUT2D eigenvalue weighted by atomic mass is 10.3. The van der Waals surface area contributed by atoms with E-state index in [1.807, 2.05) is 13.8 Å². The Morgan fingerprint density at radius 1 is 1.24 bits per heavy atom. The Morgan fingerprint density at radius 3 is 2.38 bits per heavy atom. The lowest BCUT2D eigenvalue weighted by molar-refractivity contribution is -0.115. The first-order valence-corrected chi connectivity index (χ1v) is 8.51. The van der Waals surface area contributed by atoms with E-state index in [2.05, 4.69) is 10.0 Å². The molecule has 0 aromatic heterocycles. The second-order valence-electron chi connectivity index (χ2n) is 4.88. The molecular weight excluding hydrogens is 292 g/mol. The Morgan fingerprint density at radius 2 is 1.86 bits per heavy atom. The molecule has 7 heteroatoms. The van der Waals surface area contributed by atoms with Crippen LogP contribution in [0.4, 0.5) is 5.69 Å². The number of rotatable bonds is 8.